The van der Waals surface area contributed by atoms with Gasteiger partial charge in [0.05, 0.1) is 24.2 Å². The van der Waals surface area contributed by atoms with E-state index < -0.39 is 11.9 Å². The normalized spacial score (nSPS) is 12.7. The molecule has 2 aromatic heterocycles. The first-order valence-corrected chi connectivity index (χ1v) is 12.8. The molecule has 0 radical (unpaired) electrons. The summed E-state index contributed by atoms with van der Waals surface area (Å²) in [5.41, 5.74) is 3.49. The van der Waals surface area contributed by atoms with Gasteiger partial charge in [-0.05, 0) is 24.1 Å². The van der Waals surface area contributed by atoms with Crippen molar-refractivity contribution in [3.05, 3.63) is 70.4 Å². The molecule has 1 N–H and O–H groups in total. The Bertz CT molecular complexity index is 1370. The van der Waals surface area contributed by atoms with Crippen LogP contribution < -0.4 is 4.74 Å². The number of hydrogen-bond acceptors (Lipinski definition) is 4. The summed E-state index contributed by atoms with van der Waals surface area (Å²) in [5, 5.41) is 10.9. The number of halogens is 2. The summed E-state index contributed by atoms with van der Waals surface area (Å²) >= 11 is 1.61. The van der Waals surface area contributed by atoms with Gasteiger partial charge in [0.15, 0.2) is 0 Å². The Morgan fingerprint density at radius 2 is 1.94 bits per heavy atom. The van der Waals surface area contributed by atoms with Crippen molar-refractivity contribution < 1.29 is 23.4 Å². The van der Waals surface area contributed by atoms with Crippen molar-refractivity contribution in [2.45, 2.75) is 51.9 Å². The van der Waals surface area contributed by atoms with Gasteiger partial charge < -0.3 is 14.4 Å². The van der Waals surface area contributed by atoms with Crippen LogP contribution in [0.15, 0.2) is 48.7 Å². The fourth-order valence-electron chi connectivity index (χ4n) is 4.33. The van der Waals surface area contributed by atoms with Crippen LogP contribution in [0.4, 0.5) is 8.78 Å². The van der Waals surface area contributed by atoms with Gasteiger partial charge in [-0.2, -0.15) is 0 Å². The van der Waals surface area contributed by atoms with E-state index in [2.05, 4.69) is 13.8 Å². The predicted molar refractivity (Wildman–Crippen MR) is 139 cm³/mol. The first-order chi connectivity index (χ1) is 17.1. The monoisotopic (exact) mass is 512 g/mol. The SMILES string of the molecule is CCCc1sc(-c2ccc(C(C)(F)F)cc2)nc1C(C)COc1ccc2c(CC(=O)O)cn(C)c2c1. The summed E-state index contributed by atoms with van der Waals surface area (Å²) in [5.74, 6) is -2.99. The molecular weight excluding hydrogens is 482 g/mol. The number of fused-ring (bicyclic) bond motifs is 1. The third-order valence-corrected chi connectivity index (χ3v) is 7.38. The average Bonchev–Trinajstić information content (AvgIpc) is 3.38. The zero-order valence-electron chi connectivity index (χ0n) is 20.8. The molecule has 2 heterocycles. The van der Waals surface area contributed by atoms with Crippen LogP contribution in [0.2, 0.25) is 0 Å². The van der Waals surface area contributed by atoms with Crippen LogP contribution in [0.3, 0.4) is 0 Å². The van der Waals surface area contributed by atoms with E-state index >= 15 is 0 Å². The molecule has 2 aromatic carbocycles. The fraction of sp³-hybridized carbons (Fsp3) is 0.357. The maximum atomic E-state index is 13.6. The Labute approximate surface area is 213 Å². The van der Waals surface area contributed by atoms with Gasteiger partial charge in [-0.25, -0.2) is 13.8 Å². The lowest BCUT2D eigenvalue weighted by atomic mass is 10.1. The number of carboxylic acid groups (broad SMARTS) is 1. The summed E-state index contributed by atoms with van der Waals surface area (Å²) in [6.07, 6.45) is 3.69. The highest BCUT2D eigenvalue weighted by atomic mass is 32.1. The highest BCUT2D eigenvalue weighted by molar-refractivity contribution is 7.15. The molecule has 0 saturated heterocycles. The number of carbonyl (C=O) groups is 1. The van der Waals surface area contributed by atoms with Crippen LogP contribution in [-0.2, 0) is 30.6 Å². The van der Waals surface area contributed by atoms with Crippen molar-refractivity contribution in [1.29, 1.82) is 0 Å². The molecule has 1 atom stereocenters. The number of aliphatic carboxylic acids is 1. The summed E-state index contributed by atoms with van der Waals surface area (Å²) in [7, 11) is 1.89. The summed E-state index contributed by atoms with van der Waals surface area (Å²) in [6.45, 7) is 5.52. The quantitative estimate of drug-likeness (QED) is 0.245. The van der Waals surface area contributed by atoms with E-state index in [9.17, 15) is 13.6 Å². The Morgan fingerprint density at radius 3 is 2.58 bits per heavy atom. The molecule has 4 rings (SSSR count). The van der Waals surface area contributed by atoms with Crippen LogP contribution >= 0.6 is 11.3 Å². The maximum absolute atomic E-state index is 13.6. The Hall–Kier alpha value is -3.26. The van der Waals surface area contributed by atoms with Crippen LogP contribution in [0, 0.1) is 0 Å². The summed E-state index contributed by atoms with van der Waals surface area (Å²) in [4.78, 5) is 17.2. The molecule has 5 nitrogen and oxygen atoms in total. The molecule has 4 aromatic rings. The van der Waals surface area contributed by atoms with E-state index in [0.29, 0.717) is 12.4 Å². The second-order valence-electron chi connectivity index (χ2n) is 9.27. The van der Waals surface area contributed by atoms with Crippen LogP contribution in [-0.4, -0.2) is 27.2 Å². The third kappa shape index (κ3) is 5.59. The number of rotatable bonds is 10. The number of alkyl halides is 2. The van der Waals surface area contributed by atoms with Crippen LogP contribution in [0.5, 0.6) is 5.75 Å². The topological polar surface area (TPSA) is 64.3 Å². The smallest absolute Gasteiger partial charge is 0.307 e. The van der Waals surface area contributed by atoms with E-state index in [1.165, 1.54) is 17.0 Å². The molecule has 0 aliphatic rings. The highest BCUT2D eigenvalue weighted by Crippen LogP contribution is 2.35. The van der Waals surface area contributed by atoms with Gasteiger partial charge in [-0.1, -0.05) is 44.5 Å². The number of ether oxygens (including phenoxy) is 1. The predicted octanol–water partition coefficient (Wildman–Crippen LogP) is 7.18. The number of aryl methyl sites for hydroxylation is 2. The van der Waals surface area contributed by atoms with E-state index in [0.717, 1.165) is 52.5 Å². The number of carboxylic acids is 1. The molecule has 190 valence electrons. The zero-order chi connectivity index (χ0) is 26.0. The number of benzene rings is 2. The molecule has 36 heavy (non-hydrogen) atoms. The van der Waals surface area contributed by atoms with Crippen molar-refractivity contribution in [3.63, 3.8) is 0 Å². The van der Waals surface area contributed by atoms with E-state index in [-0.39, 0.29) is 17.9 Å². The van der Waals surface area contributed by atoms with Crippen LogP contribution in [0.1, 0.15) is 54.8 Å². The lowest BCUT2D eigenvalue weighted by Gasteiger charge is -2.13. The van der Waals surface area contributed by atoms with E-state index in [4.69, 9.17) is 14.8 Å². The van der Waals surface area contributed by atoms with Crippen molar-refractivity contribution in [2.75, 3.05) is 6.61 Å². The molecule has 0 spiro atoms. The first-order valence-electron chi connectivity index (χ1n) is 12.0. The molecule has 0 fully saturated rings. The minimum Gasteiger partial charge on any atom is -0.493 e. The minimum absolute atomic E-state index is 0.0103. The standard InChI is InChI=1S/C28H30F2N2O3S/c1-5-6-24-26(31-27(36-24)18-7-9-20(10-8-18)28(3,29)30)17(2)16-35-21-11-12-22-19(13-25(33)34)15-32(4)23(22)14-21/h7-12,14-15,17H,5-6,13,16H2,1-4H3,(H,33,34). The van der Waals surface area contributed by atoms with Gasteiger partial charge in [-0.3, -0.25) is 4.79 Å². The molecule has 0 aliphatic heterocycles. The number of nitrogens with zero attached hydrogens (tertiary/aromatic N) is 2. The van der Waals surface area contributed by atoms with Crippen molar-refractivity contribution in [2.24, 2.45) is 7.05 Å². The van der Waals surface area contributed by atoms with Gasteiger partial charge in [0.2, 0.25) is 0 Å². The molecule has 1 unspecified atom stereocenters. The van der Waals surface area contributed by atoms with Gasteiger partial charge >= 0.3 is 5.97 Å². The van der Waals surface area contributed by atoms with Crippen molar-refractivity contribution in [1.82, 2.24) is 9.55 Å². The lowest BCUT2D eigenvalue weighted by Crippen LogP contribution is -2.09. The summed E-state index contributed by atoms with van der Waals surface area (Å²) < 4.78 is 35.2. The lowest BCUT2D eigenvalue weighted by molar-refractivity contribution is -0.136. The zero-order valence-corrected chi connectivity index (χ0v) is 21.7. The molecule has 0 saturated carbocycles. The number of hydrogen-bond donors (Lipinski definition) is 1. The number of thiazole rings is 1. The van der Waals surface area contributed by atoms with Gasteiger partial charge in [0.25, 0.3) is 5.92 Å². The molecule has 0 aliphatic carbocycles. The maximum Gasteiger partial charge on any atom is 0.307 e. The Kier molecular flexibility index (Phi) is 7.45. The van der Waals surface area contributed by atoms with Crippen molar-refractivity contribution >= 4 is 28.2 Å². The molecule has 0 amide bonds. The third-order valence-electron chi connectivity index (χ3n) is 6.20. The second-order valence-corrected chi connectivity index (χ2v) is 10.4. The second kappa shape index (κ2) is 10.4. The summed E-state index contributed by atoms with van der Waals surface area (Å²) in [6, 6.07) is 12.0. The number of aromatic nitrogens is 2. The Morgan fingerprint density at radius 1 is 1.22 bits per heavy atom. The van der Waals surface area contributed by atoms with E-state index in [1.54, 1.807) is 23.5 Å². The molecular formula is C28H30F2N2O3S. The van der Waals surface area contributed by atoms with Gasteiger partial charge in [0.1, 0.15) is 10.8 Å². The minimum atomic E-state index is -2.87. The average molecular weight is 513 g/mol. The Balaban J connectivity index is 1.52. The highest BCUT2D eigenvalue weighted by Gasteiger charge is 2.24. The fourth-order valence-corrected chi connectivity index (χ4v) is 5.61. The van der Waals surface area contributed by atoms with Crippen LogP contribution in [0.25, 0.3) is 21.5 Å². The molecule has 0 bridgehead atoms. The largest absolute Gasteiger partial charge is 0.493 e. The molecule has 8 heteroatoms. The van der Waals surface area contributed by atoms with Gasteiger partial charge in [-0.15, -0.1) is 11.3 Å². The van der Waals surface area contributed by atoms with E-state index in [1.807, 2.05) is 36.0 Å². The first kappa shape index (κ1) is 25.8. The van der Waals surface area contributed by atoms with Crippen molar-refractivity contribution in [3.8, 4) is 16.3 Å². The van der Waals surface area contributed by atoms with Gasteiger partial charge in [0, 0.05) is 53.5 Å².